The van der Waals surface area contributed by atoms with Gasteiger partial charge in [-0.3, -0.25) is 4.79 Å². The Balaban J connectivity index is 2.93. The summed E-state index contributed by atoms with van der Waals surface area (Å²) >= 11 is 0. The quantitative estimate of drug-likeness (QED) is 0.678. The lowest BCUT2D eigenvalue weighted by Crippen LogP contribution is -1.94. The van der Waals surface area contributed by atoms with Gasteiger partial charge in [-0.15, -0.1) is 0 Å². The molecule has 0 spiro atoms. The van der Waals surface area contributed by atoms with E-state index < -0.39 is 6.10 Å². The van der Waals surface area contributed by atoms with Crippen molar-refractivity contribution in [3.05, 3.63) is 35.4 Å². The van der Waals surface area contributed by atoms with Crippen LogP contribution < -0.4 is 0 Å². The average molecular weight is 164 g/mol. The highest BCUT2D eigenvalue weighted by Crippen LogP contribution is 2.12. The Kier molecular flexibility index (Phi) is 2.61. The minimum absolute atomic E-state index is 0.0483. The van der Waals surface area contributed by atoms with Crippen molar-refractivity contribution >= 4 is 5.78 Å². The van der Waals surface area contributed by atoms with Gasteiger partial charge < -0.3 is 5.11 Å². The van der Waals surface area contributed by atoms with Gasteiger partial charge in [0.2, 0.25) is 0 Å². The summed E-state index contributed by atoms with van der Waals surface area (Å²) in [6.07, 6.45) is -0.467. The Morgan fingerprint density at radius 3 is 2.17 bits per heavy atom. The van der Waals surface area contributed by atoms with E-state index in [4.69, 9.17) is 5.11 Å². The Labute approximate surface area is 71.8 Å². The first-order valence-electron chi connectivity index (χ1n) is 3.90. The van der Waals surface area contributed by atoms with E-state index in [1.165, 1.54) is 6.92 Å². The van der Waals surface area contributed by atoms with Gasteiger partial charge >= 0.3 is 0 Å². The van der Waals surface area contributed by atoms with Crippen LogP contribution in [-0.4, -0.2) is 10.9 Å². The highest BCUT2D eigenvalue weighted by Gasteiger charge is 2.01. The van der Waals surface area contributed by atoms with Crippen molar-refractivity contribution in [3.8, 4) is 0 Å². The van der Waals surface area contributed by atoms with Crippen molar-refractivity contribution < 1.29 is 9.90 Å². The van der Waals surface area contributed by atoms with E-state index in [0.717, 1.165) is 5.56 Å². The van der Waals surface area contributed by atoms with Gasteiger partial charge in [0.25, 0.3) is 0 Å². The number of carbonyl (C=O) groups excluding carboxylic acids is 1. The smallest absolute Gasteiger partial charge is 0.159 e. The van der Waals surface area contributed by atoms with Crippen LogP contribution in [0.4, 0.5) is 0 Å². The fourth-order valence-corrected chi connectivity index (χ4v) is 0.996. The van der Waals surface area contributed by atoms with Gasteiger partial charge in [0, 0.05) is 5.56 Å². The van der Waals surface area contributed by atoms with Crippen LogP contribution in [0.1, 0.15) is 35.9 Å². The van der Waals surface area contributed by atoms with Crippen LogP contribution in [-0.2, 0) is 0 Å². The van der Waals surface area contributed by atoms with E-state index in [1.54, 1.807) is 31.2 Å². The maximum absolute atomic E-state index is 10.9. The van der Waals surface area contributed by atoms with Crippen molar-refractivity contribution in [3.63, 3.8) is 0 Å². The fourth-order valence-electron chi connectivity index (χ4n) is 0.996. The summed E-state index contributed by atoms with van der Waals surface area (Å²) in [5.74, 6) is 0.0483. The molecular weight excluding hydrogens is 152 g/mol. The molecule has 1 N–H and O–H groups in total. The first-order valence-corrected chi connectivity index (χ1v) is 3.90. The Morgan fingerprint density at radius 2 is 1.83 bits per heavy atom. The van der Waals surface area contributed by atoms with E-state index in [-0.39, 0.29) is 5.78 Å². The third-order valence-electron chi connectivity index (χ3n) is 1.80. The first kappa shape index (κ1) is 8.94. The molecule has 0 amide bonds. The van der Waals surface area contributed by atoms with Gasteiger partial charge in [0.1, 0.15) is 0 Å². The highest BCUT2D eigenvalue weighted by atomic mass is 16.3. The predicted octanol–water partition coefficient (Wildman–Crippen LogP) is 1.94. The molecule has 1 aromatic rings. The molecule has 0 aliphatic rings. The number of aliphatic hydroxyl groups excluding tert-OH is 1. The SMILES string of the molecule is CC(=O)c1ccc(C(C)O)cc1. The standard InChI is InChI=1S/C10H12O2/c1-7(11)9-3-5-10(6-4-9)8(2)12/h3-7,11H,1-2H3. The number of rotatable bonds is 2. The molecule has 2 nitrogen and oxygen atoms in total. The summed E-state index contributed by atoms with van der Waals surface area (Å²) in [7, 11) is 0. The van der Waals surface area contributed by atoms with E-state index in [2.05, 4.69) is 0 Å². The third-order valence-corrected chi connectivity index (χ3v) is 1.80. The number of carbonyl (C=O) groups is 1. The average Bonchev–Trinajstić information content (AvgIpc) is 2.04. The number of aliphatic hydroxyl groups is 1. The van der Waals surface area contributed by atoms with Crippen LogP contribution in [0.3, 0.4) is 0 Å². The van der Waals surface area contributed by atoms with E-state index in [9.17, 15) is 4.79 Å². The molecule has 0 heterocycles. The number of benzene rings is 1. The maximum Gasteiger partial charge on any atom is 0.159 e. The monoisotopic (exact) mass is 164 g/mol. The molecular formula is C10H12O2. The summed E-state index contributed by atoms with van der Waals surface area (Å²) in [6.45, 7) is 3.22. The van der Waals surface area contributed by atoms with Crippen molar-refractivity contribution in [1.29, 1.82) is 0 Å². The summed E-state index contributed by atoms with van der Waals surface area (Å²) in [4.78, 5) is 10.9. The summed E-state index contributed by atoms with van der Waals surface area (Å²) in [6, 6.07) is 6.98. The predicted molar refractivity (Wildman–Crippen MR) is 47.1 cm³/mol. The van der Waals surface area contributed by atoms with Crippen LogP contribution in [0, 0.1) is 0 Å². The molecule has 1 unspecified atom stereocenters. The van der Waals surface area contributed by atoms with Gasteiger partial charge in [-0.25, -0.2) is 0 Å². The number of hydrogen-bond acceptors (Lipinski definition) is 2. The van der Waals surface area contributed by atoms with Gasteiger partial charge in [0.15, 0.2) is 5.78 Å². The second kappa shape index (κ2) is 3.50. The molecule has 1 atom stereocenters. The number of ketones is 1. The van der Waals surface area contributed by atoms with E-state index >= 15 is 0 Å². The Morgan fingerprint density at radius 1 is 1.33 bits per heavy atom. The number of Topliss-reactive ketones (excluding diaryl/α,β-unsaturated/α-hetero) is 1. The first-order chi connectivity index (χ1) is 5.61. The molecule has 2 heteroatoms. The normalized spacial score (nSPS) is 12.6. The minimum Gasteiger partial charge on any atom is -0.389 e. The van der Waals surface area contributed by atoms with Gasteiger partial charge in [-0.1, -0.05) is 24.3 Å². The molecule has 1 rings (SSSR count). The topological polar surface area (TPSA) is 37.3 Å². The molecule has 0 aliphatic carbocycles. The Hall–Kier alpha value is -1.15. The van der Waals surface area contributed by atoms with Crippen LogP contribution >= 0.6 is 0 Å². The molecule has 0 aromatic heterocycles. The van der Waals surface area contributed by atoms with Crippen molar-refractivity contribution in [1.82, 2.24) is 0 Å². The third kappa shape index (κ3) is 1.92. The van der Waals surface area contributed by atoms with Crippen LogP contribution in [0.5, 0.6) is 0 Å². The van der Waals surface area contributed by atoms with Crippen LogP contribution in [0.15, 0.2) is 24.3 Å². The van der Waals surface area contributed by atoms with Crippen molar-refractivity contribution in [2.24, 2.45) is 0 Å². The molecule has 1 aromatic carbocycles. The molecule has 0 aliphatic heterocycles. The second-order valence-corrected chi connectivity index (χ2v) is 2.85. The molecule has 0 fully saturated rings. The van der Waals surface area contributed by atoms with Crippen LogP contribution in [0.2, 0.25) is 0 Å². The fraction of sp³-hybridized carbons (Fsp3) is 0.300. The van der Waals surface area contributed by atoms with Crippen molar-refractivity contribution in [2.75, 3.05) is 0 Å². The van der Waals surface area contributed by atoms with E-state index in [0.29, 0.717) is 5.56 Å². The second-order valence-electron chi connectivity index (χ2n) is 2.85. The van der Waals surface area contributed by atoms with Gasteiger partial charge in [-0.2, -0.15) is 0 Å². The highest BCUT2D eigenvalue weighted by molar-refractivity contribution is 5.93. The molecule has 0 radical (unpaired) electrons. The molecule has 64 valence electrons. The molecule has 0 bridgehead atoms. The molecule has 0 saturated carbocycles. The lowest BCUT2D eigenvalue weighted by Gasteiger charge is -2.03. The van der Waals surface area contributed by atoms with Gasteiger partial charge in [-0.05, 0) is 19.4 Å². The minimum atomic E-state index is -0.467. The summed E-state index contributed by atoms with van der Waals surface area (Å²) in [5.41, 5.74) is 1.51. The lowest BCUT2D eigenvalue weighted by molar-refractivity contribution is 0.101. The largest absolute Gasteiger partial charge is 0.389 e. The number of hydrogen-bond donors (Lipinski definition) is 1. The zero-order valence-corrected chi connectivity index (χ0v) is 7.24. The molecule has 0 saturated heterocycles. The summed E-state index contributed by atoms with van der Waals surface area (Å²) in [5, 5.41) is 9.17. The lowest BCUT2D eigenvalue weighted by atomic mass is 10.1. The Bertz CT molecular complexity index is 272. The maximum atomic E-state index is 10.9. The van der Waals surface area contributed by atoms with E-state index in [1.807, 2.05) is 0 Å². The molecule has 12 heavy (non-hydrogen) atoms. The van der Waals surface area contributed by atoms with Crippen molar-refractivity contribution in [2.45, 2.75) is 20.0 Å². The summed E-state index contributed by atoms with van der Waals surface area (Å²) < 4.78 is 0. The zero-order chi connectivity index (χ0) is 9.14. The zero-order valence-electron chi connectivity index (χ0n) is 7.24. The van der Waals surface area contributed by atoms with Crippen LogP contribution in [0.25, 0.3) is 0 Å². The van der Waals surface area contributed by atoms with Gasteiger partial charge in [0.05, 0.1) is 6.10 Å².